The molecule has 2 aliphatic heterocycles. The quantitative estimate of drug-likeness (QED) is 0.568. The maximum absolute atomic E-state index is 13.7. The van der Waals surface area contributed by atoms with Crippen LogP contribution in [0.5, 0.6) is 0 Å². The van der Waals surface area contributed by atoms with E-state index < -0.39 is 22.4 Å². The molecule has 170 valence electrons. The molecule has 0 radical (unpaired) electrons. The number of ether oxygens (including phenoxy) is 3. The minimum absolute atomic E-state index is 0.0418. The van der Waals surface area contributed by atoms with Crippen LogP contribution in [-0.2, 0) is 19.0 Å². The molecule has 0 aromatic rings. The van der Waals surface area contributed by atoms with Crippen molar-refractivity contribution in [3.05, 3.63) is 0 Å². The minimum atomic E-state index is -0.676. The zero-order valence-corrected chi connectivity index (χ0v) is 19.6. The number of amides is 1. The van der Waals surface area contributed by atoms with Gasteiger partial charge in [-0.15, -0.1) is 0 Å². The second-order valence-corrected chi connectivity index (χ2v) is 11.5. The fourth-order valence-corrected chi connectivity index (χ4v) is 6.91. The third kappa shape index (κ3) is 3.48. The van der Waals surface area contributed by atoms with Crippen LogP contribution < -0.4 is 0 Å². The molecule has 0 aromatic heterocycles. The van der Waals surface area contributed by atoms with Gasteiger partial charge in [-0.25, -0.2) is 4.79 Å². The van der Waals surface area contributed by atoms with Gasteiger partial charge in [-0.2, -0.15) is 0 Å². The Balaban J connectivity index is 1.65. The summed E-state index contributed by atoms with van der Waals surface area (Å²) in [6.45, 7) is 13.1. The second-order valence-electron chi connectivity index (χ2n) is 11.5. The first-order valence-corrected chi connectivity index (χ1v) is 11.8. The summed E-state index contributed by atoms with van der Waals surface area (Å²) in [6, 6.07) is 0. The van der Waals surface area contributed by atoms with Gasteiger partial charge in [-0.3, -0.25) is 4.79 Å². The molecule has 2 saturated carbocycles. The number of rotatable bonds is 0. The van der Waals surface area contributed by atoms with E-state index in [9.17, 15) is 9.59 Å². The van der Waals surface area contributed by atoms with Gasteiger partial charge in [0, 0.05) is 19.5 Å². The van der Waals surface area contributed by atoms with Crippen LogP contribution in [-0.4, -0.2) is 53.0 Å². The Labute approximate surface area is 181 Å². The monoisotopic (exact) mass is 421 g/mol. The predicted octanol–water partition coefficient (Wildman–Crippen LogP) is 4.69. The molecule has 2 saturated heterocycles. The molecular formula is C24H39NO5. The van der Waals surface area contributed by atoms with Gasteiger partial charge in [0.25, 0.3) is 0 Å². The first-order chi connectivity index (χ1) is 13.9. The summed E-state index contributed by atoms with van der Waals surface area (Å²) in [7, 11) is 0. The standard InChI is InChI=1S/C24H39NO5/c1-16-13-17-15-19-24(30-22(5,6)28-19)10-8-12-25(20(27)29-21(2,3)4)11-7-9-23(17,24)18(26)14-16/h16-17,19H,7-15H2,1-6H3/t16?,17-,19-,23?,24-/m0/s1. The van der Waals surface area contributed by atoms with Gasteiger partial charge in [0.1, 0.15) is 17.0 Å². The highest BCUT2D eigenvalue weighted by molar-refractivity contribution is 5.88. The van der Waals surface area contributed by atoms with E-state index >= 15 is 0 Å². The molecule has 5 atom stereocenters. The molecule has 6 heteroatoms. The summed E-state index contributed by atoms with van der Waals surface area (Å²) in [5.74, 6) is 0.414. The fraction of sp³-hybridized carbons (Fsp3) is 0.917. The van der Waals surface area contributed by atoms with Crippen molar-refractivity contribution in [1.29, 1.82) is 0 Å². The highest BCUT2D eigenvalue weighted by atomic mass is 16.8. The Kier molecular flexibility index (Phi) is 5.29. The van der Waals surface area contributed by atoms with Crippen LogP contribution >= 0.6 is 0 Å². The van der Waals surface area contributed by atoms with Crippen LogP contribution in [0.15, 0.2) is 0 Å². The Bertz CT molecular complexity index is 713. The van der Waals surface area contributed by atoms with Crippen molar-refractivity contribution < 1.29 is 23.8 Å². The van der Waals surface area contributed by atoms with Crippen molar-refractivity contribution in [3.8, 4) is 0 Å². The number of carbonyl (C=O) groups is 2. The molecule has 2 spiro atoms. The van der Waals surface area contributed by atoms with Crippen molar-refractivity contribution in [2.75, 3.05) is 13.1 Å². The lowest BCUT2D eigenvalue weighted by Gasteiger charge is -2.50. The summed E-state index contributed by atoms with van der Waals surface area (Å²) >= 11 is 0. The molecule has 30 heavy (non-hydrogen) atoms. The molecule has 2 aliphatic carbocycles. The number of Topliss-reactive ketones (excluding diaryl/α,β-unsaturated/α-hetero) is 1. The normalized spacial score (nSPS) is 41.2. The van der Waals surface area contributed by atoms with E-state index in [0.717, 1.165) is 38.5 Å². The predicted molar refractivity (Wildman–Crippen MR) is 113 cm³/mol. The Morgan fingerprint density at radius 1 is 1.13 bits per heavy atom. The average molecular weight is 422 g/mol. The molecule has 0 bridgehead atoms. The molecule has 4 fully saturated rings. The Hall–Kier alpha value is -1.14. The molecule has 0 aromatic carbocycles. The van der Waals surface area contributed by atoms with Gasteiger partial charge >= 0.3 is 6.09 Å². The summed E-state index contributed by atoms with van der Waals surface area (Å²) < 4.78 is 18.8. The highest BCUT2D eigenvalue weighted by Crippen LogP contribution is 2.66. The number of carbonyl (C=O) groups excluding carboxylic acids is 2. The number of hydrogen-bond acceptors (Lipinski definition) is 5. The van der Waals surface area contributed by atoms with Crippen molar-refractivity contribution in [3.63, 3.8) is 0 Å². The lowest BCUT2D eigenvalue weighted by atomic mass is 9.56. The van der Waals surface area contributed by atoms with Crippen LogP contribution in [0.4, 0.5) is 4.79 Å². The van der Waals surface area contributed by atoms with E-state index in [0.29, 0.717) is 37.1 Å². The van der Waals surface area contributed by atoms with E-state index in [1.54, 1.807) is 0 Å². The van der Waals surface area contributed by atoms with E-state index in [4.69, 9.17) is 14.2 Å². The topological polar surface area (TPSA) is 65.1 Å². The molecule has 4 rings (SSSR count). The lowest BCUT2D eigenvalue weighted by Crippen LogP contribution is -2.58. The van der Waals surface area contributed by atoms with Gasteiger partial charge in [-0.05, 0) is 85.0 Å². The van der Waals surface area contributed by atoms with E-state index in [1.807, 2.05) is 39.5 Å². The lowest BCUT2D eigenvalue weighted by molar-refractivity contribution is -0.210. The van der Waals surface area contributed by atoms with Crippen molar-refractivity contribution >= 4 is 11.9 Å². The van der Waals surface area contributed by atoms with Crippen LogP contribution in [0.3, 0.4) is 0 Å². The molecule has 4 aliphatic rings. The van der Waals surface area contributed by atoms with Gasteiger partial charge in [-0.1, -0.05) is 6.92 Å². The van der Waals surface area contributed by atoms with E-state index in [2.05, 4.69) is 6.92 Å². The SMILES string of the molecule is CC1CC(=O)C23CCCN(C(=O)OC(C)(C)C)CCC[C@@]24OC(C)(C)O[C@H]4C[C@@H]3C1. The third-order valence-corrected chi connectivity index (χ3v) is 7.67. The minimum Gasteiger partial charge on any atom is -0.444 e. The largest absolute Gasteiger partial charge is 0.444 e. The molecule has 6 nitrogen and oxygen atoms in total. The highest BCUT2D eigenvalue weighted by Gasteiger charge is 2.74. The first kappa shape index (κ1) is 22.1. The fourth-order valence-electron chi connectivity index (χ4n) is 6.91. The zero-order chi connectivity index (χ0) is 21.9. The van der Waals surface area contributed by atoms with Crippen molar-refractivity contribution in [2.24, 2.45) is 17.3 Å². The average Bonchev–Trinajstić information content (AvgIpc) is 2.99. The summed E-state index contributed by atoms with van der Waals surface area (Å²) in [6.07, 6.45) is 5.38. The van der Waals surface area contributed by atoms with Crippen LogP contribution in [0.1, 0.15) is 86.5 Å². The number of ketones is 1. The first-order valence-electron chi connectivity index (χ1n) is 11.8. The van der Waals surface area contributed by atoms with Crippen molar-refractivity contribution in [1.82, 2.24) is 4.90 Å². The zero-order valence-electron chi connectivity index (χ0n) is 19.6. The molecule has 1 amide bonds. The number of nitrogens with zero attached hydrogens (tertiary/aromatic N) is 1. The van der Waals surface area contributed by atoms with E-state index in [1.165, 1.54) is 0 Å². The van der Waals surface area contributed by atoms with Gasteiger partial charge < -0.3 is 19.1 Å². The maximum Gasteiger partial charge on any atom is 0.410 e. The summed E-state index contributed by atoms with van der Waals surface area (Å²) in [5, 5.41) is 0. The summed E-state index contributed by atoms with van der Waals surface area (Å²) in [4.78, 5) is 28.3. The molecule has 2 unspecified atom stereocenters. The van der Waals surface area contributed by atoms with Crippen molar-refractivity contribution in [2.45, 2.75) is 110 Å². The van der Waals surface area contributed by atoms with Crippen LogP contribution in [0.2, 0.25) is 0 Å². The molecule has 2 heterocycles. The Morgan fingerprint density at radius 3 is 2.47 bits per heavy atom. The van der Waals surface area contributed by atoms with Gasteiger partial charge in [0.05, 0.1) is 11.5 Å². The maximum atomic E-state index is 13.7. The molecule has 0 N–H and O–H groups in total. The van der Waals surface area contributed by atoms with E-state index in [-0.39, 0.29) is 12.2 Å². The third-order valence-electron chi connectivity index (χ3n) is 7.67. The summed E-state index contributed by atoms with van der Waals surface area (Å²) in [5.41, 5.74) is -1.56. The van der Waals surface area contributed by atoms with Crippen LogP contribution in [0, 0.1) is 17.3 Å². The van der Waals surface area contributed by atoms with Gasteiger partial charge in [0.15, 0.2) is 5.79 Å². The van der Waals surface area contributed by atoms with Gasteiger partial charge in [0.2, 0.25) is 0 Å². The Morgan fingerprint density at radius 2 is 1.80 bits per heavy atom. The number of hydrogen-bond donors (Lipinski definition) is 0. The second kappa shape index (κ2) is 7.19. The smallest absolute Gasteiger partial charge is 0.410 e. The molecular weight excluding hydrogens is 382 g/mol. The van der Waals surface area contributed by atoms with Crippen LogP contribution in [0.25, 0.3) is 0 Å².